The zero-order valence-electron chi connectivity index (χ0n) is 15.0. The molecule has 0 spiro atoms. The fraction of sp³-hybridized carbons (Fsp3) is 0.263. The van der Waals surface area contributed by atoms with Crippen LogP contribution in [0.2, 0.25) is 5.02 Å². The molecule has 1 N–H and O–H groups in total. The summed E-state index contributed by atoms with van der Waals surface area (Å²) in [6, 6.07) is 15.0. The van der Waals surface area contributed by atoms with Gasteiger partial charge in [0.15, 0.2) is 0 Å². The average molecular weight is 419 g/mol. The van der Waals surface area contributed by atoms with Crippen LogP contribution in [0.4, 0.5) is 5.69 Å². The first-order valence-corrected chi connectivity index (χ1v) is 10.5. The van der Waals surface area contributed by atoms with Crippen LogP contribution in [0.15, 0.2) is 53.4 Å². The van der Waals surface area contributed by atoms with Crippen LogP contribution >= 0.6 is 11.6 Å². The summed E-state index contributed by atoms with van der Waals surface area (Å²) in [4.78, 5) is 14.5. The molecule has 1 heterocycles. The van der Waals surface area contributed by atoms with E-state index >= 15 is 0 Å². The Morgan fingerprint density at radius 3 is 2.43 bits per heavy atom. The third kappa shape index (κ3) is 4.69. The Kier molecular flexibility index (Phi) is 6.31. The van der Waals surface area contributed by atoms with E-state index in [0.717, 1.165) is 0 Å². The first-order valence-electron chi connectivity index (χ1n) is 8.67. The molecular weight excluding hydrogens is 400 g/mol. The highest BCUT2D eigenvalue weighted by molar-refractivity contribution is 7.89. The summed E-state index contributed by atoms with van der Waals surface area (Å²) < 4.78 is 26.7. The van der Waals surface area contributed by atoms with Crippen molar-refractivity contribution in [2.24, 2.45) is 0 Å². The SMILES string of the molecule is N#Cc1ccc(Cl)cc1NC(=O)CN1CCN(S(=O)(=O)c2ccccc2)CC1. The highest BCUT2D eigenvalue weighted by atomic mass is 35.5. The molecule has 9 heteroatoms. The van der Waals surface area contributed by atoms with Gasteiger partial charge in [-0.25, -0.2) is 8.42 Å². The number of nitrogens with zero attached hydrogens (tertiary/aromatic N) is 3. The lowest BCUT2D eigenvalue weighted by atomic mass is 10.2. The van der Waals surface area contributed by atoms with E-state index in [-0.39, 0.29) is 17.3 Å². The lowest BCUT2D eigenvalue weighted by Gasteiger charge is -2.33. The van der Waals surface area contributed by atoms with Crippen LogP contribution in [-0.2, 0) is 14.8 Å². The van der Waals surface area contributed by atoms with Crippen LogP contribution in [0.5, 0.6) is 0 Å². The van der Waals surface area contributed by atoms with E-state index in [4.69, 9.17) is 16.9 Å². The molecule has 3 rings (SSSR count). The summed E-state index contributed by atoms with van der Waals surface area (Å²) >= 11 is 5.92. The van der Waals surface area contributed by atoms with Crippen molar-refractivity contribution in [1.82, 2.24) is 9.21 Å². The van der Waals surface area contributed by atoms with E-state index in [1.165, 1.54) is 10.4 Å². The molecule has 0 aliphatic carbocycles. The number of nitriles is 1. The Hall–Kier alpha value is -2.44. The van der Waals surface area contributed by atoms with Crippen LogP contribution in [0.3, 0.4) is 0 Å². The number of halogens is 1. The van der Waals surface area contributed by atoms with Crippen LogP contribution < -0.4 is 5.32 Å². The predicted octanol–water partition coefficient (Wildman–Crippen LogP) is 2.16. The number of rotatable bonds is 5. The van der Waals surface area contributed by atoms with E-state index in [1.807, 2.05) is 11.0 Å². The summed E-state index contributed by atoms with van der Waals surface area (Å²) in [6.07, 6.45) is 0. The Labute approximate surface area is 169 Å². The number of anilines is 1. The highest BCUT2D eigenvalue weighted by Gasteiger charge is 2.28. The summed E-state index contributed by atoms with van der Waals surface area (Å²) in [7, 11) is -3.52. The number of hydrogen-bond donors (Lipinski definition) is 1. The van der Waals surface area contributed by atoms with Gasteiger partial charge < -0.3 is 5.32 Å². The van der Waals surface area contributed by atoms with Crippen molar-refractivity contribution in [3.63, 3.8) is 0 Å². The topological polar surface area (TPSA) is 93.5 Å². The van der Waals surface area contributed by atoms with Crippen molar-refractivity contribution in [3.8, 4) is 6.07 Å². The lowest BCUT2D eigenvalue weighted by Crippen LogP contribution is -2.50. The summed E-state index contributed by atoms with van der Waals surface area (Å²) in [5, 5.41) is 12.2. The highest BCUT2D eigenvalue weighted by Crippen LogP contribution is 2.21. The molecule has 1 aliphatic rings. The van der Waals surface area contributed by atoms with Gasteiger partial charge in [-0.15, -0.1) is 0 Å². The minimum atomic E-state index is -3.52. The maximum atomic E-state index is 12.6. The third-order valence-corrected chi connectivity index (χ3v) is 6.60. The molecule has 1 amide bonds. The zero-order chi connectivity index (χ0) is 20.1. The van der Waals surface area contributed by atoms with Crippen molar-refractivity contribution in [3.05, 3.63) is 59.1 Å². The molecular formula is C19H19ClN4O3S. The Morgan fingerprint density at radius 2 is 1.79 bits per heavy atom. The smallest absolute Gasteiger partial charge is 0.243 e. The van der Waals surface area contributed by atoms with E-state index < -0.39 is 10.0 Å². The second kappa shape index (κ2) is 8.71. The van der Waals surface area contributed by atoms with Crippen LogP contribution in [0.1, 0.15) is 5.56 Å². The van der Waals surface area contributed by atoms with E-state index in [1.54, 1.807) is 42.5 Å². The van der Waals surface area contributed by atoms with E-state index in [2.05, 4.69) is 5.32 Å². The van der Waals surface area contributed by atoms with Gasteiger partial charge in [0.2, 0.25) is 15.9 Å². The zero-order valence-corrected chi connectivity index (χ0v) is 16.6. The fourth-order valence-corrected chi connectivity index (χ4v) is 4.60. The molecule has 0 radical (unpaired) electrons. The second-order valence-corrected chi connectivity index (χ2v) is 8.72. The number of nitrogens with one attached hydrogen (secondary N) is 1. The van der Waals surface area contributed by atoms with Crippen LogP contribution in [-0.4, -0.2) is 56.3 Å². The van der Waals surface area contributed by atoms with Crippen LogP contribution in [0, 0.1) is 11.3 Å². The van der Waals surface area contributed by atoms with Crippen molar-refractivity contribution >= 4 is 33.2 Å². The van der Waals surface area contributed by atoms with Gasteiger partial charge in [0.1, 0.15) is 6.07 Å². The summed E-state index contributed by atoms with van der Waals surface area (Å²) in [5.41, 5.74) is 0.696. The van der Waals surface area contributed by atoms with Gasteiger partial charge in [0.25, 0.3) is 0 Å². The molecule has 0 unspecified atom stereocenters. The average Bonchev–Trinajstić information content (AvgIpc) is 2.69. The van der Waals surface area contributed by atoms with Crippen molar-refractivity contribution in [1.29, 1.82) is 5.26 Å². The van der Waals surface area contributed by atoms with Gasteiger partial charge in [-0.05, 0) is 30.3 Å². The van der Waals surface area contributed by atoms with Gasteiger partial charge in [-0.3, -0.25) is 9.69 Å². The van der Waals surface area contributed by atoms with Gasteiger partial charge in [0, 0.05) is 31.2 Å². The van der Waals surface area contributed by atoms with Crippen LogP contribution in [0.25, 0.3) is 0 Å². The molecule has 1 saturated heterocycles. The first-order chi connectivity index (χ1) is 13.4. The number of hydrogen-bond acceptors (Lipinski definition) is 5. The third-order valence-electron chi connectivity index (χ3n) is 4.46. The number of sulfonamides is 1. The largest absolute Gasteiger partial charge is 0.324 e. The number of piperazine rings is 1. The maximum Gasteiger partial charge on any atom is 0.243 e. The fourth-order valence-electron chi connectivity index (χ4n) is 2.98. The molecule has 146 valence electrons. The first kappa shape index (κ1) is 20.3. The molecule has 0 aromatic heterocycles. The molecule has 0 atom stereocenters. The number of carbonyl (C=O) groups is 1. The Balaban J connectivity index is 1.57. The van der Waals surface area contributed by atoms with E-state index in [9.17, 15) is 13.2 Å². The van der Waals surface area contributed by atoms with Crippen molar-refractivity contribution in [2.45, 2.75) is 4.90 Å². The molecule has 1 aliphatic heterocycles. The Morgan fingerprint density at radius 1 is 1.11 bits per heavy atom. The maximum absolute atomic E-state index is 12.6. The number of carbonyl (C=O) groups excluding carboxylic acids is 1. The van der Waals surface area contributed by atoms with Gasteiger partial charge in [-0.1, -0.05) is 29.8 Å². The number of benzene rings is 2. The molecule has 0 bridgehead atoms. The van der Waals surface area contributed by atoms with Gasteiger partial charge in [-0.2, -0.15) is 9.57 Å². The van der Waals surface area contributed by atoms with Crippen molar-refractivity contribution < 1.29 is 13.2 Å². The lowest BCUT2D eigenvalue weighted by molar-refractivity contribution is -0.117. The molecule has 28 heavy (non-hydrogen) atoms. The number of amides is 1. The monoisotopic (exact) mass is 418 g/mol. The van der Waals surface area contributed by atoms with Crippen molar-refractivity contribution in [2.75, 3.05) is 38.0 Å². The predicted molar refractivity (Wildman–Crippen MR) is 106 cm³/mol. The molecule has 7 nitrogen and oxygen atoms in total. The molecule has 0 saturated carbocycles. The minimum Gasteiger partial charge on any atom is -0.324 e. The summed E-state index contributed by atoms with van der Waals surface area (Å²) in [5.74, 6) is -0.280. The standard InChI is InChI=1S/C19H19ClN4O3S/c20-16-7-6-15(13-21)18(12-16)22-19(25)14-23-8-10-24(11-9-23)28(26,27)17-4-2-1-3-5-17/h1-7,12H,8-11,14H2,(H,22,25). The minimum absolute atomic E-state index is 0.108. The quantitative estimate of drug-likeness (QED) is 0.803. The summed E-state index contributed by atoms with van der Waals surface area (Å²) in [6.45, 7) is 1.62. The van der Waals surface area contributed by atoms with Gasteiger partial charge in [0.05, 0.1) is 22.7 Å². The normalized spacial score (nSPS) is 15.7. The molecule has 2 aromatic rings. The molecule has 2 aromatic carbocycles. The van der Waals surface area contributed by atoms with E-state index in [0.29, 0.717) is 42.5 Å². The Bertz CT molecular complexity index is 998. The second-order valence-electron chi connectivity index (χ2n) is 6.34. The molecule has 1 fully saturated rings. The van der Waals surface area contributed by atoms with Gasteiger partial charge >= 0.3 is 0 Å².